The number of carbonyl (C=O) groups is 1. The molecule has 0 bridgehead atoms. The summed E-state index contributed by atoms with van der Waals surface area (Å²) in [6, 6.07) is 7.37. The SMILES string of the molecule is Cc1cc(=O)c(C(=O)NCC2=CCNCC2)nn1-c1ccccc1F.Cl. The van der Waals surface area contributed by atoms with Crippen LogP contribution in [0, 0.1) is 12.7 Å². The summed E-state index contributed by atoms with van der Waals surface area (Å²) in [7, 11) is 0. The van der Waals surface area contributed by atoms with Gasteiger partial charge in [0.1, 0.15) is 11.5 Å². The van der Waals surface area contributed by atoms with Gasteiger partial charge >= 0.3 is 0 Å². The molecule has 1 amide bonds. The first-order valence-electron chi connectivity index (χ1n) is 8.09. The van der Waals surface area contributed by atoms with Gasteiger partial charge in [-0.25, -0.2) is 9.07 Å². The largest absolute Gasteiger partial charge is 0.347 e. The number of halogens is 2. The van der Waals surface area contributed by atoms with Gasteiger partial charge in [0.2, 0.25) is 5.43 Å². The second-order valence-electron chi connectivity index (χ2n) is 5.86. The Morgan fingerprint density at radius 1 is 1.38 bits per heavy atom. The quantitative estimate of drug-likeness (QED) is 0.795. The Labute approximate surface area is 156 Å². The van der Waals surface area contributed by atoms with Crippen LogP contribution in [0.4, 0.5) is 4.39 Å². The lowest BCUT2D eigenvalue weighted by Crippen LogP contribution is -2.34. The van der Waals surface area contributed by atoms with E-state index in [2.05, 4.69) is 15.7 Å². The summed E-state index contributed by atoms with van der Waals surface area (Å²) < 4.78 is 15.3. The normalized spacial score (nSPS) is 13.5. The minimum Gasteiger partial charge on any atom is -0.347 e. The fraction of sp³-hybridized carbons (Fsp3) is 0.278. The van der Waals surface area contributed by atoms with Crippen molar-refractivity contribution in [3.8, 4) is 5.69 Å². The molecule has 2 N–H and O–H groups in total. The van der Waals surface area contributed by atoms with Crippen LogP contribution in [0.2, 0.25) is 0 Å². The van der Waals surface area contributed by atoms with E-state index in [0.717, 1.165) is 25.1 Å². The van der Waals surface area contributed by atoms with E-state index in [-0.39, 0.29) is 23.8 Å². The lowest BCUT2D eigenvalue weighted by molar-refractivity contribution is 0.0948. The molecule has 138 valence electrons. The molecule has 1 aliphatic rings. The number of rotatable bonds is 4. The summed E-state index contributed by atoms with van der Waals surface area (Å²) in [6.45, 7) is 3.65. The Morgan fingerprint density at radius 2 is 2.15 bits per heavy atom. The van der Waals surface area contributed by atoms with Gasteiger partial charge in [0.15, 0.2) is 5.69 Å². The van der Waals surface area contributed by atoms with E-state index < -0.39 is 17.2 Å². The highest BCUT2D eigenvalue weighted by Crippen LogP contribution is 2.13. The zero-order valence-electron chi connectivity index (χ0n) is 14.3. The van der Waals surface area contributed by atoms with Crippen LogP contribution >= 0.6 is 12.4 Å². The van der Waals surface area contributed by atoms with Gasteiger partial charge in [0.25, 0.3) is 5.91 Å². The number of nitrogens with one attached hydrogen (secondary N) is 2. The molecule has 0 unspecified atom stereocenters. The Kier molecular flexibility index (Phi) is 6.65. The van der Waals surface area contributed by atoms with Crippen molar-refractivity contribution in [1.82, 2.24) is 20.4 Å². The molecule has 2 heterocycles. The van der Waals surface area contributed by atoms with E-state index in [1.807, 2.05) is 6.08 Å². The van der Waals surface area contributed by atoms with E-state index in [0.29, 0.717) is 12.2 Å². The molecular formula is C18H20ClFN4O2. The van der Waals surface area contributed by atoms with E-state index in [1.165, 1.54) is 16.8 Å². The van der Waals surface area contributed by atoms with Crippen molar-refractivity contribution >= 4 is 18.3 Å². The lowest BCUT2D eigenvalue weighted by atomic mass is 10.1. The zero-order chi connectivity index (χ0) is 17.8. The second-order valence-corrected chi connectivity index (χ2v) is 5.86. The van der Waals surface area contributed by atoms with Crippen molar-refractivity contribution in [1.29, 1.82) is 0 Å². The first-order valence-corrected chi connectivity index (χ1v) is 8.09. The van der Waals surface area contributed by atoms with Crippen LogP contribution < -0.4 is 16.1 Å². The monoisotopic (exact) mass is 378 g/mol. The topological polar surface area (TPSA) is 76.0 Å². The second kappa shape index (κ2) is 8.73. The third-order valence-electron chi connectivity index (χ3n) is 4.04. The van der Waals surface area contributed by atoms with Crippen molar-refractivity contribution in [2.24, 2.45) is 0 Å². The van der Waals surface area contributed by atoms with Crippen molar-refractivity contribution in [3.05, 3.63) is 69.4 Å². The number of aromatic nitrogens is 2. The number of carbonyl (C=O) groups excluding carboxylic acids is 1. The molecule has 2 aromatic rings. The van der Waals surface area contributed by atoms with Crippen LogP contribution in [-0.4, -0.2) is 35.3 Å². The van der Waals surface area contributed by atoms with Crippen molar-refractivity contribution < 1.29 is 9.18 Å². The van der Waals surface area contributed by atoms with Crippen molar-refractivity contribution in [3.63, 3.8) is 0 Å². The number of aryl methyl sites for hydroxylation is 1. The van der Waals surface area contributed by atoms with Gasteiger partial charge in [-0.15, -0.1) is 12.4 Å². The Bertz CT molecular complexity index is 895. The van der Waals surface area contributed by atoms with Gasteiger partial charge < -0.3 is 10.6 Å². The molecular weight excluding hydrogens is 359 g/mol. The summed E-state index contributed by atoms with van der Waals surface area (Å²) in [4.78, 5) is 24.5. The van der Waals surface area contributed by atoms with Crippen LogP contribution in [0.1, 0.15) is 22.6 Å². The fourth-order valence-corrected chi connectivity index (χ4v) is 2.68. The summed E-state index contributed by atoms with van der Waals surface area (Å²) in [6.07, 6.45) is 2.87. The van der Waals surface area contributed by atoms with Crippen LogP contribution in [0.5, 0.6) is 0 Å². The molecule has 0 spiro atoms. The maximum absolute atomic E-state index is 14.0. The van der Waals surface area contributed by atoms with E-state index in [4.69, 9.17) is 0 Å². The first kappa shape index (κ1) is 19.8. The van der Waals surface area contributed by atoms with E-state index in [9.17, 15) is 14.0 Å². The van der Waals surface area contributed by atoms with Crippen LogP contribution in [0.3, 0.4) is 0 Å². The summed E-state index contributed by atoms with van der Waals surface area (Å²) in [5.41, 5.74) is 1.02. The number of hydrogen-bond acceptors (Lipinski definition) is 4. The third kappa shape index (κ3) is 4.36. The minimum atomic E-state index is -0.561. The minimum absolute atomic E-state index is 0. The maximum atomic E-state index is 14.0. The molecule has 0 radical (unpaired) electrons. The molecule has 3 rings (SSSR count). The molecule has 1 aromatic carbocycles. The highest BCUT2D eigenvalue weighted by atomic mass is 35.5. The van der Waals surface area contributed by atoms with Gasteiger partial charge in [0.05, 0.1) is 0 Å². The molecule has 1 aromatic heterocycles. The molecule has 8 heteroatoms. The average Bonchev–Trinajstić information content (AvgIpc) is 2.61. The summed E-state index contributed by atoms with van der Waals surface area (Å²) in [5.74, 6) is -1.04. The Balaban J connectivity index is 0.00000243. The molecule has 0 aliphatic carbocycles. The number of nitrogens with zero attached hydrogens (tertiary/aromatic N) is 2. The number of hydrogen-bond donors (Lipinski definition) is 2. The first-order chi connectivity index (χ1) is 12.1. The average molecular weight is 379 g/mol. The highest BCUT2D eigenvalue weighted by molar-refractivity contribution is 5.92. The summed E-state index contributed by atoms with van der Waals surface area (Å²) >= 11 is 0. The van der Waals surface area contributed by atoms with Crippen LogP contribution in [0.25, 0.3) is 5.69 Å². The maximum Gasteiger partial charge on any atom is 0.276 e. The van der Waals surface area contributed by atoms with Crippen LogP contribution in [-0.2, 0) is 0 Å². The van der Waals surface area contributed by atoms with E-state index in [1.54, 1.807) is 25.1 Å². The van der Waals surface area contributed by atoms with Gasteiger partial charge in [-0.1, -0.05) is 23.8 Å². The molecule has 1 aliphatic heterocycles. The van der Waals surface area contributed by atoms with E-state index >= 15 is 0 Å². The van der Waals surface area contributed by atoms with Crippen molar-refractivity contribution in [2.45, 2.75) is 13.3 Å². The standard InChI is InChI=1S/C18H19FN4O2.ClH/c1-12-10-16(24)17(18(25)21-11-13-6-8-20-9-7-13)22-23(12)15-5-3-2-4-14(15)19;/h2-6,10,20H,7-9,11H2,1H3,(H,21,25);1H. The molecule has 0 fully saturated rings. The zero-order valence-corrected chi connectivity index (χ0v) is 15.1. The summed E-state index contributed by atoms with van der Waals surface area (Å²) in [5, 5.41) is 9.99. The van der Waals surface area contributed by atoms with Crippen LogP contribution in [0.15, 0.2) is 46.8 Å². The molecule has 0 atom stereocenters. The third-order valence-corrected chi connectivity index (χ3v) is 4.04. The molecule has 6 nitrogen and oxygen atoms in total. The van der Waals surface area contributed by atoms with Gasteiger partial charge in [-0.3, -0.25) is 9.59 Å². The Morgan fingerprint density at radius 3 is 2.85 bits per heavy atom. The lowest BCUT2D eigenvalue weighted by Gasteiger charge is -2.15. The van der Waals surface area contributed by atoms with Gasteiger partial charge in [-0.05, 0) is 32.0 Å². The number of amides is 1. The predicted octanol–water partition coefficient (Wildman–Crippen LogP) is 1.75. The highest BCUT2D eigenvalue weighted by Gasteiger charge is 2.17. The molecule has 0 saturated heterocycles. The number of para-hydroxylation sites is 1. The Hall–Kier alpha value is -2.51. The predicted molar refractivity (Wildman–Crippen MR) is 99.7 cm³/mol. The smallest absolute Gasteiger partial charge is 0.276 e. The molecule has 0 saturated carbocycles. The van der Waals surface area contributed by atoms with Gasteiger partial charge in [-0.2, -0.15) is 5.10 Å². The number of benzene rings is 1. The fourth-order valence-electron chi connectivity index (χ4n) is 2.68. The van der Waals surface area contributed by atoms with Gasteiger partial charge in [0, 0.05) is 24.8 Å². The van der Waals surface area contributed by atoms with Crippen molar-refractivity contribution in [2.75, 3.05) is 19.6 Å². The molecule has 26 heavy (non-hydrogen) atoms.